The normalized spacial score (nSPS) is 22.7. The molecule has 0 aromatic heterocycles. The van der Waals surface area contributed by atoms with Crippen LogP contribution in [0.1, 0.15) is 42.9 Å². The average Bonchev–Trinajstić information content (AvgIpc) is 3.47. The van der Waals surface area contributed by atoms with Gasteiger partial charge in [-0.25, -0.2) is 0 Å². The number of benzene rings is 2. The van der Waals surface area contributed by atoms with E-state index in [1.54, 1.807) is 12.1 Å². The third-order valence-electron chi connectivity index (χ3n) is 6.30. The number of hydrogen-bond acceptors (Lipinski definition) is 4. The molecule has 1 heterocycles. The number of carbonyl (C=O) groups is 1. The van der Waals surface area contributed by atoms with Gasteiger partial charge in [0.05, 0.1) is 17.0 Å². The van der Waals surface area contributed by atoms with Crippen LogP contribution < -0.4 is 14.8 Å². The summed E-state index contributed by atoms with van der Waals surface area (Å²) in [5, 5.41) is 12.1. The van der Waals surface area contributed by atoms with E-state index >= 15 is 0 Å². The highest BCUT2D eigenvalue weighted by atomic mass is 35.5. The molecule has 1 saturated carbocycles. The summed E-state index contributed by atoms with van der Waals surface area (Å²) in [7, 11) is 0. The van der Waals surface area contributed by atoms with Gasteiger partial charge in [0.25, 0.3) is 0 Å². The van der Waals surface area contributed by atoms with Gasteiger partial charge in [0.15, 0.2) is 11.5 Å². The van der Waals surface area contributed by atoms with E-state index in [2.05, 4.69) is 11.4 Å². The molecule has 1 aliphatic heterocycles. The van der Waals surface area contributed by atoms with Gasteiger partial charge >= 0.3 is 0 Å². The summed E-state index contributed by atoms with van der Waals surface area (Å²) in [5.74, 6) is 1.30. The summed E-state index contributed by atoms with van der Waals surface area (Å²) >= 11 is 6.90. The van der Waals surface area contributed by atoms with Gasteiger partial charge < -0.3 is 14.8 Å². The lowest BCUT2D eigenvalue weighted by molar-refractivity contribution is -0.124. The van der Waals surface area contributed by atoms with Crippen molar-refractivity contribution in [2.45, 2.75) is 36.6 Å². The topological polar surface area (TPSA) is 71.4 Å². The van der Waals surface area contributed by atoms with Crippen LogP contribution in [0.5, 0.6) is 11.5 Å². The van der Waals surface area contributed by atoms with Crippen molar-refractivity contribution >= 4 is 23.1 Å². The highest BCUT2D eigenvalue weighted by Crippen LogP contribution is 2.51. The van der Waals surface area contributed by atoms with Crippen LogP contribution in [0.15, 0.2) is 60.2 Å². The molecule has 1 amide bonds. The highest BCUT2D eigenvalue weighted by Gasteiger charge is 2.53. The van der Waals surface area contributed by atoms with E-state index in [0.29, 0.717) is 23.5 Å². The summed E-state index contributed by atoms with van der Waals surface area (Å²) in [6, 6.07) is 15.3. The summed E-state index contributed by atoms with van der Waals surface area (Å²) in [4.78, 5) is 12.3. The first-order valence-corrected chi connectivity index (χ1v) is 10.6. The number of halogens is 1. The SMILES string of the molecule is CC1=C(c2ccc(C#N)cc2)CC(Cl)(NC(=O)C2(c3ccc4c(c3)OCO4)CC2)C=C1. The number of nitrogens with one attached hydrogen (secondary N) is 1. The van der Waals surface area contributed by atoms with Gasteiger partial charge in [-0.1, -0.05) is 35.9 Å². The van der Waals surface area contributed by atoms with E-state index in [1.807, 2.05) is 49.4 Å². The van der Waals surface area contributed by atoms with Gasteiger partial charge in [0, 0.05) is 6.42 Å². The zero-order chi connectivity index (χ0) is 21.6. The van der Waals surface area contributed by atoms with Crippen molar-refractivity contribution in [2.75, 3.05) is 6.79 Å². The lowest BCUT2D eigenvalue weighted by Gasteiger charge is -2.32. The molecule has 5 nitrogen and oxygen atoms in total. The van der Waals surface area contributed by atoms with Crippen molar-refractivity contribution in [3.05, 3.63) is 76.9 Å². The third kappa shape index (κ3) is 3.47. The molecule has 2 aliphatic carbocycles. The maximum atomic E-state index is 13.4. The van der Waals surface area contributed by atoms with Gasteiger partial charge in [-0.05, 0) is 72.4 Å². The van der Waals surface area contributed by atoms with E-state index in [-0.39, 0.29) is 12.7 Å². The number of carbonyl (C=O) groups excluding carboxylic acids is 1. The van der Waals surface area contributed by atoms with Crippen LogP contribution in [-0.4, -0.2) is 17.7 Å². The summed E-state index contributed by atoms with van der Waals surface area (Å²) in [5.41, 5.74) is 4.09. The predicted molar refractivity (Wildman–Crippen MR) is 118 cm³/mol. The number of amides is 1. The smallest absolute Gasteiger partial charge is 0.232 e. The zero-order valence-electron chi connectivity index (χ0n) is 17.1. The van der Waals surface area contributed by atoms with Crippen LogP contribution in [-0.2, 0) is 10.2 Å². The molecule has 0 spiro atoms. The van der Waals surface area contributed by atoms with Gasteiger partial charge in [0.2, 0.25) is 12.7 Å². The molecule has 1 N–H and O–H groups in total. The number of hydrogen-bond donors (Lipinski definition) is 1. The standard InChI is InChI=1S/C25H21ClN2O3/c1-16-8-9-25(26,13-20(16)18-4-2-17(14-27)3-5-18)28-23(29)24(10-11-24)19-6-7-21-22(12-19)31-15-30-21/h2-9,12H,10-11,13,15H2,1H3,(H,28,29). The van der Waals surface area contributed by atoms with E-state index in [4.69, 9.17) is 26.3 Å². The number of nitriles is 1. The Balaban J connectivity index is 1.36. The molecule has 1 fully saturated rings. The quantitative estimate of drug-likeness (QED) is 0.556. The Morgan fingerprint density at radius 1 is 1.13 bits per heavy atom. The van der Waals surface area contributed by atoms with Crippen molar-refractivity contribution in [2.24, 2.45) is 0 Å². The van der Waals surface area contributed by atoms with Crippen LogP contribution >= 0.6 is 11.6 Å². The van der Waals surface area contributed by atoms with Crippen LogP contribution in [0.4, 0.5) is 0 Å². The van der Waals surface area contributed by atoms with E-state index in [0.717, 1.165) is 35.1 Å². The Hall–Kier alpha value is -3.23. The molecular weight excluding hydrogens is 412 g/mol. The third-order valence-corrected chi connectivity index (χ3v) is 6.66. The fourth-order valence-corrected chi connectivity index (χ4v) is 4.53. The van der Waals surface area contributed by atoms with Crippen LogP contribution in [0.25, 0.3) is 5.57 Å². The van der Waals surface area contributed by atoms with Crippen LogP contribution in [0, 0.1) is 11.3 Å². The second-order valence-corrected chi connectivity index (χ2v) is 9.00. The maximum Gasteiger partial charge on any atom is 0.232 e. The van der Waals surface area contributed by atoms with E-state index in [9.17, 15) is 4.79 Å². The molecule has 1 unspecified atom stereocenters. The number of nitrogens with zero attached hydrogens (tertiary/aromatic N) is 1. The second-order valence-electron chi connectivity index (χ2n) is 8.33. The summed E-state index contributed by atoms with van der Waals surface area (Å²) < 4.78 is 10.9. The minimum absolute atomic E-state index is 0.0789. The molecule has 0 bridgehead atoms. The van der Waals surface area contributed by atoms with Crippen molar-refractivity contribution in [1.29, 1.82) is 5.26 Å². The number of ether oxygens (including phenoxy) is 2. The fourth-order valence-electron chi connectivity index (χ4n) is 4.25. The highest BCUT2D eigenvalue weighted by molar-refractivity contribution is 6.27. The van der Waals surface area contributed by atoms with Crippen LogP contribution in [0.2, 0.25) is 0 Å². The fraction of sp³-hybridized carbons (Fsp3) is 0.280. The molecule has 2 aromatic carbocycles. The Labute approximate surface area is 185 Å². The molecule has 0 radical (unpaired) electrons. The Morgan fingerprint density at radius 2 is 1.87 bits per heavy atom. The first-order chi connectivity index (χ1) is 14.9. The number of alkyl halides is 1. The van der Waals surface area contributed by atoms with E-state index in [1.165, 1.54) is 0 Å². The van der Waals surface area contributed by atoms with Gasteiger partial charge in [0.1, 0.15) is 5.00 Å². The molecule has 31 heavy (non-hydrogen) atoms. The second kappa shape index (κ2) is 7.18. The number of rotatable bonds is 4. The minimum atomic E-state index is -1.01. The predicted octanol–water partition coefficient (Wildman–Crippen LogP) is 4.80. The van der Waals surface area contributed by atoms with Gasteiger partial charge in [-0.3, -0.25) is 4.79 Å². The van der Waals surface area contributed by atoms with Gasteiger partial charge in [-0.15, -0.1) is 0 Å². The number of allylic oxidation sites excluding steroid dienone is 2. The lowest BCUT2D eigenvalue weighted by Crippen LogP contribution is -2.48. The number of fused-ring (bicyclic) bond motifs is 1. The van der Waals surface area contributed by atoms with Crippen molar-refractivity contribution < 1.29 is 14.3 Å². The Bertz CT molecular complexity index is 1170. The molecule has 1 atom stereocenters. The maximum absolute atomic E-state index is 13.4. The minimum Gasteiger partial charge on any atom is -0.454 e. The Kier molecular flexibility index (Phi) is 4.56. The summed E-state index contributed by atoms with van der Waals surface area (Å²) in [6.07, 6.45) is 5.81. The molecule has 5 rings (SSSR count). The first-order valence-electron chi connectivity index (χ1n) is 10.2. The molecule has 2 aromatic rings. The molecule has 3 aliphatic rings. The van der Waals surface area contributed by atoms with E-state index < -0.39 is 10.4 Å². The molecule has 156 valence electrons. The molecule has 6 heteroatoms. The average molecular weight is 433 g/mol. The molecule has 0 saturated heterocycles. The van der Waals surface area contributed by atoms with Crippen molar-refractivity contribution in [1.82, 2.24) is 5.32 Å². The van der Waals surface area contributed by atoms with Gasteiger partial charge in [-0.2, -0.15) is 5.26 Å². The van der Waals surface area contributed by atoms with Crippen molar-refractivity contribution in [3.63, 3.8) is 0 Å². The lowest BCUT2D eigenvalue weighted by atomic mass is 9.88. The largest absolute Gasteiger partial charge is 0.454 e. The summed E-state index contributed by atoms with van der Waals surface area (Å²) in [6.45, 7) is 2.23. The van der Waals surface area contributed by atoms with Crippen LogP contribution in [0.3, 0.4) is 0 Å². The van der Waals surface area contributed by atoms with Crippen molar-refractivity contribution in [3.8, 4) is 17.6 Å². The monoisotopic (exact) mass is 432 g/mol. The zero-order valence-corrected chi connectivity index (χ0v) is 17.8. The molecular formula is C25H21ClN2O3. The Morgan fingerprint density at radius 3 is 2.58 bits per heavy atom. The first kappa shape index (κ1) is 19.7.